The zero-order chi connectivity index (χ0) is 34.6. The van der Waals surface area contributed by atoms with Crippen LogP contribution in [0.25, 0.3) is 22.4 Å². The Bertz CT molecular complexity index is 1710. The molecule has 0 radical (unpaired) electrons. The van der Waals surface area contributed by atoms with Crippen molar-refractivity contribution in [2.75, 3.05) is 5.32 Å². The molecule has 0 saturated carbocycles. The van der Waals surface area contributed by atoms with Gasteiger partial charge in [0.15, 0.2) is 5.79 Å². The number of hydrogen-bond donors (Lipinski definition) is 1. The van der Waals surface area contributed by atoms with Gasteiger partial charge in [0.05, 0.1) is 29.9 Å². The predicted molar refractivity (Wildman–Crippen MR) is 187 cm³/mol. The Balaban J connectivity index is 1.59. The number of carbonyl (C=O) groups excluding carboxylic acids is 2. The largest absolute Gasteiger partial charge is 0.460 e. The number of carbonyl (C=O) groups is 2. The first kappa shape index (κ1) is 35.0. The van der Waals surface area contributed by atoms with Gasteiger partial charge < -0.3 is 24.1 Å². The molecule has 1 N–H and O–H groups in total. The number of hydrogen-bond acceptors (Lipinski definition) is 5. The molecule has 0 bridgehead atoms. The molecular weight excluding hydrogens is 607 g/mol. The van der Waals surface area contributed by atoms with Crippen molar-refractivity contribution >= 4 is 17.6 Å². The Hall–Kier alpha value is -4.27. The summed E-state index contributed by atoms with van der Waals surface area (Å²) in [4.78, 5) is 27.1. The van der Waals surface area contributed by atoms with Crippen LogP contribution in [-0.2, 0) is 25.5 Å². The monoisotopic (exact) mass is 654 g/mol. The summed E-state index contributed by atoms with van der Waals surface area (Å²) < 4.78 is 34.6. The number of benzene rings is 3. The highest BCUT2D eigenvalue weighted by molar-refractivity contribution is 6.12. The fourth-order valence-corrected chi connectivity index (χ4v) is 6.57. The Morgan fingerprint density at radius 2 is 1.52 bits per heavy atom. The van der Waals surface area contributed by atoms with E-state index >= 15 is 0 Å². The SMILES string of the molecule is CC(C)c1c(C(=O)Nc2ccccc2)c(-c2ccccc2)c(-c2ccc(F)cc2)n1CC[C@H]1C[C@@H](CC(=O)OC(C)(C)C)OC(C)(C)O1. The van der Waals surface area contributed by atoms with E-state index in [9.17, 15) is 14.0 Å². The number of halogens is 1. The van der Waals surface area contributed by atoms with Crippen molar-refractivity contribution in [1.82, 2.24) is 4.57 Å². The van der Waals surface area contributed by atoms with E-state index in [0.29, 0.717) is 30.6 Å². The van der Waals surface area contributed by atoms with Crippen molar-refractivity contribution < 1.29 is 28.2 Å². The maximum atomic E-state index is 14.4. The Morgan fingerprint density at radius 1 is 0.917 bits per heavy atom. The lowest BCUT2D eigenvalue weighted by atomic mass is 9.94. The van der Waals surface area contributed by atoms with Crippen LogP contribution in [0.3, 0.4) is 0 Å². The van der Waals surface area contributed by atoms with Crippen LogP contribution >= 0.6 is 0 Å². The third kappa shape index (κ3) is 8.60. The molecule has 0 spiro atoms. The van der Waals surface area contributed by atoms with Gasteiger partial charge in [-0.05, 0) is 94.5 Å². The van der Waals surface area contributed by atoms with Gasteiger partial charge in [-0.3, -0.25) is 9.59 Å². The van der Waals surface area contributed by atoms with Gasteiger partial charge in [0.1, 0.15) is 11.4 Å². The van der Waals surface area contributed by atoms with Crippen LogP contribution in [-0.4, -0.2) is 40.0 Å². The van der Waals surface area contributed by atoms with Gasteiger partial charge in [-0.2, -0.15) is 0 Å². The van der Waals surface area contributed by atoms with Crippen LogP contribution in [0.5, 0.6) is 0 Å². The summed E-state index contributed by atoms with van der Waals surface area (Å²) in [7, 11) is 0. The summed E-state index contributed by atoms with van der Waals surface area (Å²) in [6.45, 7) is 13.9. The van der Waals surface area contributed by atoms with Crippen molar-refractivity contribution in [1.29, 1.82) is 0 Å². The lowest BCUT2D eigenvalue weighted by molar-refractivity contribution is -0.301. The Labute approximate surface area is 283 Å². The molecule has 1 amide bonds. The molecule has 2 heterocycles. The smallest absolute Gasteiger partial charge is 0.308 e. The van der Waals surface area contributed by atoms with Gasteiger partial charge in [-0.25, -0.2) is 4.39 Å². The number of aromatic nitrogens is 1. The van der Waals surface area contributed by atoms with Crippen LogP contribution in [0.2, 0.25) is 0 Å². The van der Waals surface area contributed by atoms with E-state index < -0.39 is 11.4 Å². The van der Waals surface area contributed by atoms with Crippen molar-refractivity contribution in [2.24, 2.45) is 0 Å². The quantitative estimate of drug-likeness (QED) is 0.172. The molecule has 0 aliphatic carbocycles. The average Bonchev–Trinajstić information content (AvgIpc) is 3.35. The minimum atomic E-state index is -0.900. The molecule has 1 aliphatic heterocycles. The second-order valence-electron chi connectivity index (χ2n) is 14.2. The molecule has 1 aromatic heterocycles. The summed E-state index contributed by atoms with van der Waals surface area (Å²) in [6, 6.07) is 25.7. The maximum absolute atomic E-state index is 14.4. The van der Waals surface area contributed by atoms with E-state index in [0.717, 1.165) is 28.1 Å². The van der Waals surface area contributed by atoms with Gasteiger partial charge in [0, 0.05) is 29.9 Å². The number of rotatable bonds is 10. The number of nitrogens with one attached hydrogen (secondary N) is 1. The number of ether oxygens (including phenoxy) is 3. The number of para-hydroxylation sites is 1. The molecule has 3 aromatic carbocycles. The Morgan fingerprint density at radius 3 is 2.12 bits per heavy atom. The maximum Gasteiger partial charge on any atom is 0.308 e. The Kier molecular flexibility index (Phi) is 10.6. The molecule has 5 rings (SSSR count). The lowest BCUT2D eigenvalue weighted by Gasteiger charge is -2.41. The zero-order valence-corrected chi connectivity index (χ0v) is 29.0. The summed E-state index contributed by atoms with van der Waals surface area (Å²) in [5.41, 5.74) is 4.87. The van der Waals surface area contributed by atoms with Gasteiger partial charge in [0.25, 0.3) is 5.91 Å². The highest BCUT2D eigenvalue weighted by Gasteiger charge is 2.38. The number of anilines is 1. The van der Waals surface area contributed by atoms with Crippen molar-refractivity contribution in [3.8, 4) is 22.4 Å². The lowest BCUT2D eigenvalue weighted by Crippen LogP contribution is -2.46. The highest BCUT2D eigenvalue weighted by atomic mass is 19.1. The first-order chi connectivity index (χ1) is 22.7. The third-order valence-corrected chi connectivity index (χ3v) is 8.21. The second-order valence-corrected chi connectivity index (χ2v) is 14.2. The molecular formula is C40H47FN2O5. The number of amides is 1. The molecule has 8 heteroatoms. The van der Waals surface area contributed by atoms with Crippen LogP contribution in [0.15, 0.2) is 84.9 Å². The number of nitrogens with zero attached hydrogens (tertiary/aromatic N) is 1. The first-order valence-electron chi connectivity index (χ1n) is 16.7. The van der Waals surface area contributed by atoms with E-state index in [2.05, 4.69) is 23.7 Å². The molecule has 0 unspecified atom stereocenters. The molecule has 254 valence electrons. The highest BCUT2D eigenvalue weighted by Crippen LogP contribution is 2.43. The van der Waals surface area contributed by atoms with Gasteiger partial charge in [-0.15, -0.1) is 0 Å². The topological polar surface area (TPSA) is 78.8 Å². The van der Waals surface area contributed by atoms with E-state index in [-0.39, 0.29) is 42.2 Å². The fraction of sp³-hybridized carbons (Fsp3) is 0.400. The number of esters is 1. The van der Waals surface area contributed by atoms with Crippen molar-refractivity contribution in [3.05, 3.63) is 102 Å². The van der Waals surface area contributed by atoms with Crippen LogP contribution in [0, 0.1) is 5.82 Å². The fourth-order valence-electron chi connectivity index (χ4n) is 6.57. The molecule has 1 saturated heterocycles. The van der Waals surface area contributed by atoms with Crippen molar-refractivity contribution in [3.63, 3.8) is 0 Å². The van der Waals surface area contributed by atoms with Gasteiger partial charge in [0.2, 0.25) is 0 Å². The summed E-state index contributed by atoms with van der Waals surface area (Å²) in [6.07, 6.45) is 0.635. The molecule has 7 nitrogen and oxygen atoms in total. The summed E-state index contributed by atoms with van der Waals surface area (Å²) in [5.74, 6) is -1.80. The van der Waals surface area contributed by atoms with E-state index in [1.807, 2.05) is 95.3 Å². The zero-order valence-electron chi connectivity index (χ0n) is 29.0. The van der Waals surface area contributed by atoms with E-state index in [4.69, 9.17) is 14.2 Å². The minimum Gasteiger partial charge on any atom is -0.460 e. The van der Waals surface area contributed by atoms with Crippen LogP contribution in [0.1, 0.15) is 89.7 Å². The minimum absolute atomic E-state index is 0.0369. The van der Waals surface area contributed by atoms with E-state index in [1.54, 1.807) is 12.1 Å². The summed E-state index contributed by atoms with van der Waals surface area (Å²) >= 11 is 0. The first-order valence-corrected chi connectivity index (χ1v) is 16.7. The predicted octanol–water partition coefficient (Wildman–Crippen LogP) is 9.37. The van der Waals surface area contributed by atoms with Gasteiger partial charge >= 0.3 is 5.97 Å². The molecule has 1 aliphatic rings. The molecule has 48 heavy (non-hydrogen) atoms. The van der Waals surface area contributed by atoms with Crippen molar-refractivity contribution in [2.45, 2.75) is 104 Å². The summed E-state index contributed by atoms with van der Waals surface area (Å²) in [5, 5.41) is 3.12. The van der Waals surface area contributed by atoms with Gasteiger partial charge in [-0.1, -0.05) is 62.4 Å². The normalized spacial score (nSPS) is 17.7. The van der Waals surface area contributed by atoms with Crippen LogP contribution < -0.4 is 5.32 Å². The average molecular weight is 655 g/mol. The molecule has 4 aromatic rings. The molecule has 2 atom stereocenters. The van der Waals surface area contributed by atoms with E-state index in [1.165, 1.54) is 12.1 Å². The van der Waals surface area contributed by atoms with Crippen LogP contribution in [0.4, 0.5) is 10.1 Å². The molecule has 1 fully saturated rings. The second kappa shape index (κ2) is 14.5. The third-order valence-electron chi connectivity index (χ3n) is 8.21. The standard InChI is InChI=1S/C40H47FN2O5/c1-26(2)36-35(38(45)42-30-16-12-9-13-17-30)34(27-14-10-8-11-15-27)37(28-18-20-29(41)21-19-28)43(36)23-22-31-24-32(47-40(6,7)46-31)25-33(44)48-39(3,4)5/h8-21,26,31-32H,22-25H2,1-7H3,(H,42,45)/t31-,32-/m0/s1.